The van der Waals surface area contributed by atoms with Gasteiger partial charge in [-0.3, -0.25) is 9.67 Å². The molecule has 102 valence electrons. The molecule has 0 saturated heterocycles. The topological polar surface area (TPSA) is 55.6 Å². The van der Waals surface area contributed by atoms with E-state index >= 15 is 0 Å². The zero-order valence-corrected chi connectivity index (χ0v) is 11.6. The number of hydrogen-bond donors (Lipinski definition) is 1. The monoisotopic (exact) mass is 267 g/mol. The average Bonchev–Trinajstić information content (AvgIpc) is 2.89. The van der Waals surface area contributed by atoms with Crippen molar-refractivity contribution >= 4 is 10.9 Å². The van der Waals surface area contributed by atoms with Crippen LogP contribution in [0.15, 0.2) is 42.9 Å². The SMILES string of the molecule is CNC(Cc1ncnn1C)c1cccc2ncccc12. The Hall–Kier alpha value is -2.27. The molecule has 5 heteroatoms. The van der Waals surface area contributed by atoms with Gasteiger partial charge in [0.1, 0.15) is 12.2 Å². The van der Waals surface area contributed by atoms with Crippen molar-refractivity contribution in [1.29, 1.82) is 0 Å². The summed E-state index contributed by atoms with van der Waals surface area (Å²) in [5.74, 6) is 0.963. The molecule has 0 amide bonds. The lowest BCUT2D eigenvalue weighted by Crippen LogP contribution is -2.21. The predicted molar refractivity (Wildman–Crippen MR) is 78.3 cm³/mol. The minimum atomic E-state index is 0.186. The zero-order chi connectivity index (χ0) is 13.9. The lowest BCUT2D eigenvalue weighted by molar-refractivity contribution is 0.556. The second kappa shape index (κ2) is 5.38. The molecule has 20 heavy (non-hydrogen) atoms. The van der Waals surface area contributed by atoms with E-state index < -0.39 is 0 Å². The number of fused-ring (bicyclic) bond motifs is 1. The fraction of sp³-hybridized carbons (Fsp3) is 0.267. The van der Waals surface area contributed by atoms with E-state index in [1.165, 1.54) is 10.9 Å². The van der Waals surface area contributed by atoms with E-state index in [4.69, 9.17) is 0 Å². The van der Waals surface area contributed by atoms with Gasteiger partial charge in [-0.25, -0.2) is 4.98 Å². The van der Waals surface area contributed by atoms with Gasteiger partial charge in [0.25, 0.3) is 0 Å². The molecule has 3 rings (SSSR count). The predicted octanol–water partition coefficient (Wildman–Crippen LogP) is 1.87. The van der Waals surface area contributed by atoms with Crippen molar-refractivity contribution in [2.24, 2.45) is 7.05 Å². The van der Waals surface area contributed by atoms with Crippen LogP contribution < -0.4 is 5.32 Å². The zero-order valence-electron chi connectivity index (χ0n) is 11.6. The molecule has 0 radical (unpaired) electrons. The molecule has 1 unspecified atom stereocenters. The van der Waals surface area contributed by atoms with Crippen LogP contribution in [0, 0.1) is 0 Å². The van der Waals surface area contributed by atoms with Gasteiger partial charge in [-0.1, -0.05) is 18.2 Å². The highest BCUT2D eigenvalue weighted by molar-refractivity contribution is 5.82. The lowest BCUT2D eigenvalue weighted by atomic mass is 9.98. The molecule has 2 aromatic heterocycles. The molecular weight excluding hydrogens is 250 g/mol. The first-order valence-corrected chi connectivity index (χ1v) is 6.63. The Morgan fingerprint density at radius 3 is 2.85 bits per heavy atom. The number of nitrogens with one attached hydrogen (secondary N) is 1. The molecule has 0 aliphatic rings. The van der Waals surface area contributed by atoms with Gasteiger partial charge >= 0.3 is 0 Å². The first-order chi connectivity index (χ1) is 9.79. The molecule has 0 fully saturated rings. The first-order valence-electron chi connectivity index (χ1n) is 6.63. The second-order valence-electron chi connectivity index (χ2n) is 4.76. The number of rotatable bonds is 4. The number of aryl methyl sites for hydroxylation is 1. The van der Waals surface area contributed by atoms with Crippen LogP contribution in [0.2, 0.25) is 0 Å². The van der Waals surface area contributed by atoms with E-state index in [1.807, 2.05) is 43.2 Å². The molecule has 0 saturated carbocycles. The van der Waals surface area contributed by atoms with Gasteiger partial charge in [-0.2, -0.15) is 5.10 Å². The van der Waals surface area contributed by atoms with Crippen molar-refractivity contribution < 1.29 is 0 Å². The minimum absolute atomic E-state index is 0.186. The summed E-state index contributed by atoms with van der Waals surface area (Å²) in [6.45, 7) is 0. The van der Waals surface area contributed by atoms with Crippen LogP contribution in [-0.4, -0.2) is 26.8 Å². The van der Waals surface area contributed by atoms with Crippen LogP contribution in [-0.2, 0) is 13.5 Å². The van der Waals surface area contributed by atoms with Crippen LogP contribution in [0.4, 0.5) is 0 Å². The molecular formula is C15H17N5. The van der Waals surface area contributed by atoms with Crippen LogP contribution in [0.1, 0.15) is 17.4 Å². The van der Waals surface area contributed by atoms with Crippen LogP contribution in [0.25, 0.3) is 10.9 Å². The average molecular weight is 267 g/mol. The van der Waals surface area contributed by atoms with Crippen molar-refractivity contribution in [3.63, 3.8) is 0 Å². The van der Waals surface area contributed by atoms with Gasteiger partial charge in [0.15, 0.2) is 0 Å². The normalized spacial score (nSPS) is 12.7. The Balaban J connectivity index is 2.01. The van der Waals surface area contributed by atoms with Gasteiger partial charge in [0.2, 0.25) is 0 Å². The number of pyridine rings is 1. The van der Waals surface area contributed by atoms with Crippen LogP contribution in [0.3, 0.4) is 0 Å². The standard InChI is InChI=1S/C15H17N5/c1-16-14(9-15-18-10-19-20(15)2)12-5-3-7-13-11(12)6-4-8-17-13/h3-8,10,14,16H,9H2,1-2H3. The molecule has 0 aliphatic heterocycles. The smallest absolute Gasteiger partial charge is 0.138 e. The third-order valence-corrected chi connectivity index (χ3v) is 3.60. The van der Waals surface area contributed by atoms with E-state index in [0.29, 0.717) is 0 Å². The second-order valence-corrected chi connectivity index (χ2v) is 4.76. The fourth-order valence-corrected chi connectivity index (χ4v) is 2.49. The summed E-state index contributed by atoms with van der Waals surface area (Å²) in [7, 11) is 3.88. The molecule has 2 heterocycles. The van der Waals surface area contributed by atoms with Crippen molar-refractivity contribution in [1.82, 2.24) is 25.1 Å². The van der Waals surface area contributed by atoms with E-state index in [-0.39, 0.29) is 6.04 Å². The first kappa shape index (κ1) is 12.7. The maximum atomic E-state index is 4.41. The van der Waals surface area contributed by atoms with E-state index in [1.54, 1.807) is 6.33 Å². The Bertz CT molecular complexity index is 714. The van der Waals surface area contributed by atoms with Gasteiger partial charge in [0.05, 0.1) is 5.52 Å². The van der Waals surface area contributed by atoms with Gasteiger partial charge in [-0.15, -0.1) is 0 Å². The van der Waals surface area contributed by atoms with Crippen molar-refractivity contribution in [3.05, 3.63) is 54.2 Å². The number of nitrogens with zero attached hydrogens (tertiary/aromatic N) is 4. The Morgan fingerprint density at radius 2 is 2.10 bits per heavy atom. The van der Waals surface area contributed by atoms with E-state index in [2.05, 4.69) is 32.5 Å². The quantitative estimate of drug-likeness (QED) is 0.784. The summed E-state index contributed by atoms with van der Waals surface area (Å²) < 4.78 is 1.81. The van der Waals surface area contributed by atoms with Gasteiger partial charge in [0, 0.05) is 31.1 Å². The summed E-state index contributed by atoms with van der Waals surface area (Å²) in [5, 5.41) is 8.67. The fourth-order valence-electron chi connectivity index (χ4n) is 2.49. The molecule has 3 aromatic rings. The number of hydrogen-bond acceptors (Lipinski definition) is 4. The van der Waals surface area contributed by atoms with Gasteiger partial charge < -0.3 is 5.32 Å². The largest absolute Gasteiger partial charge is 0.313 e. The number of likely N-dealkylation sites (N-methyl/N-ethyl adjacent to an activating group) is 1. The summed E-state index contributed by atoms with van der Waals surface area (Å²) in [6.07, 6.45) is 4.21. The highest BCUT2D eigenvalue weighted by Gasteiger charge is 2.15. The highest BCUT2D eigenvalue weighted by Crippen LogP contribution is 2.24. The third-order valence-electron chi connectivity index (χ3n) is 3.60. The van der Waals surface area contributed by atoms with E-state index in [9.17, 15) is 0 Å². The van der Waals surface area contributed by atoms with E-state index in [0.717, 1.165) is 17.8 Å². The van der Waals surface area contributed by atoms with Crippen LogP contribution >= 0.6 is 0 Å². The number of aromatic nitrogens is 4. The molecule has 5 nitrogen and oxygen atoms in total. The molecule has 0 bridgehead atoms. The molecule has 0 spiro atoms. The Labute approximate surface area is 117 Å². The molecule has 0 aliphatic carbocycles. The molecule has 1 N–H and O–H groups in total. The highest BCUT2D eigenvalue weighted by atomic mass is 15.3. The van der Waals surface area contributed by atoms with Crippen molar-refractivity contribution in [2.75, 3.05) is 7.05 Å². The summed E-state index contributed by atoms with van der Waals surface area (Å²) in [4.78, 5) is 8.72. The van der Waals surface area contributed by atoms with Crippen molar-refractivity contribution in [2.45, 2.75) is 12.5 Å². The third kappa shape index (κ3) is 2.28. The molecule has 1 aromatic carbocycles. The summed E-state index contributed by atoms with van der Waals surface area (Å²) >= 11 is 0. The maximum Gasteiger partial charge on any atom is 0.138 e. The summed E-state index contributed by atoms with van der Waals surface area (Å²) in [6, 6.07) is 10.5. The number of benzene rings is 1. The Morgan fingerprint density at radius 1 is 1.20 bits per heavy atom. The maximum absolute atomic E-state index is 4.41. The van der Waals surface area contributed by atoms with Gasteiger partial charge in [-0.05, 0) is 24.7 Å². The lowest BCUT2D eigenvalue weighted by Gasteiger charge is -2.18. The summed E-state index contributed by atoms with van der Waals surface area (Å²) in [5.41, 5.74) is 2.25. The minimum Gasteiger partial charge on any atom is -0.313 e. The molecule has 1 atom stereocenters. The van der Waals surface area contributed by atoms with Crippen molar-refractivity contribution in [3.8, 4) is 0 Å². The van der Waals surface area contributed by atoms with Crippen LogP contribution in [0.5, 0.6) is 0 Å². The Kier molecular flexibility index (Phi) is 3.43.